The number of methoxy groups -OCH3 is 1. The summed E-state index contributed by atoms with van der Waals surface area (Å²) in [4.78, 5) is 45.8. The first-order valence-corrected chi connectivity index (χ1v) is 13.3. The van der Waals surface area contributed by atoms with Gasteiger partial charge < -0.3 is 20.3 Å². The van der Waals surface area contributed by atoms with Crippen molar-refractivity contribution in [1.82, 2.24) is 9.88 Å². The molecule has 1 aliphatic carbocycles. The SMILES string of the molecule is COc1cccc(C2CCC(C)(C)C(=O)N2CC(=O)Nc2ccc3c(c2)CC2(C3)C(=O)Nc3ncccc32)c1. The van der Waals surface area contributed by atoms with Crippen LogP contribution >= 0.6 is 0 Å². The number of nitrogens with one attached hydrogen (secondary N) is 2. The number of anilines is 2. The van der Waals surface area contributed by atoms with Gasteiger partial charge in [-0.3, -0.25) is 14.4 Å². The maximum absolute atomic E-state index is 13.5. The van der Waals surface area contributed by atoms with E-state index in [1.807, 2.05) is 68.4 Å². The Hall–Kier alpha value is -4.20. The molecular formula is C31H32N4O4. The maximum atomic E-state index is 13.5. The van der Waals surface area contributed by atoms with E-state index in [1.165, 1.54) is 0 Å². The van der Waals surface area contributed by atoms with Crippen molar-refractivity contribution in [3.8, 4) is 5.75 Å². The van der Waals surface area contributed by atoms with Crippen molar-refractivity contribution in [1.29, 1.82) is 0 Å². The van der Waals surface area contributed by atoms with E-state index in [4.69, 9.17) is 4.74 Å². The van der Waals surface area contributed by atoms with Gasteiger partial charge in [-0.25, -0.2) is 4.98 Å². The van der Waals surface area contributed by atoms with Crippen molar-refractivity contribution in [3.05, 3.63) is 83.0 Å². The van der Waals surface area contributed by atoms with E-state index < -0.39 is 10.8 Å². The smallest absolute Gasteiger partial charge is 0.244 e. The molecule has 1 saturated heterocycles. The molecule has 3 aromatic rings. The topological polar surface area (TPSA) is 101 Å². The fraction of sp³-hybridized carbons (Fsp3) is 0.355. The van der Waals surface area contributed by atoms with Crippen LogP contribution < -0.4 is 15.4 Å². The molecule has 2 aromatic carbocycles. The lowest BCUT2D eigenvalue weighted by Gasteiger charge is -2.43. The summed E-state index contributed by atoms with van der Waals surface area (Å²) in [5, 5.41) is 5.93. The largest absolute Gasteiger partial charge is 0.497 e. The quantitative estimate of drug-likeness (QED) is 0.515. The van der Waals surface area contributed by atoms with E-state index in [0.717, 1.165) is 40.8 Å². The zero-order chi connectivity index (χ0) is 27.4. The number of hydrogen-bond donors (Lipinski definition) is 2. The predicted octanol–water partition coefficient (Wildman–Crippen LogP) is 4.41. The minimum atomic E-state index is -0.662. The molecule has 3 amide bonds. The van der Waals surface area contributed by atoms with Crippen LogP contribution in [0, 0.1) is 5.41 Å². The highest BCUT2D eigenvalue weighted by atomic mass is 16.5. The standard InChI is InChI=1S/C31H32N4O4/c1-30(2)12-11-25(19-6-4-7-23(15-19)39-3)35(29(30)38)18-26(36)33-22-10-9-20-16-31(17-21(20)14-22)24-8-5-13-32-27(24)34-28(31)37/h4-10,13-15,25H,11-12,16-18H2,1-3H3,(H,33,36)(H,32,34,37). The highest BCUT2D eigenvalue weighted by Crippen LogP contribution is 2.47. The zero-order valence-electron chi connectivity index (χ0n) is 22.4. The van der Waals surface area contributed by atoms with Crippen molar-refractivity contribution in [2.75, 3.05) is 24.3 Å². The molecule has 200 valence electrons. The van der Waals surface area contributed by atoms with Crippen LogP contribution in [0.5, 0.6) is 5.75 Å². The summed E-state index contributed by atoms with van der Waals surface area (Å²) in [5.74, 6) is 1.03. The van der Waals surface area contributed by atoms with E-state index in [0.29, 0.717) is 24.3 Å². The summed E-state index contributed by atoms with van der Waals surface area (Å²) in [6.07, 6.45) is 4.33. The van der Waals surface area contributed by atoms with Gasteiger partial charge in [-0.1, -0.05) is 38.1 Å². The molecule has 1 fully saturated rings. The van der Waals surface area contributed by atoms with Crippen molar-refractivity contribution in [2.45, 2.75) is 51.0 Å². The number of ether oxygens (including phenoxy) is 1. The van der Waals surface area contributed by atoms with Crippen LogP contribution in [-0.4, -0.2) is 41.3 Å². The number of hydrogen-bond acceptors (Lipinski definition) is 5. The summed E-state index contributed by atoms with van der Waals surface area (Å²) in [7, 11) is 1.62. The van der Waals surface area contributed by atoms with Gasteiger partial charge in [-0.2, -0.15) is 0 Å². The van der Waals surface area contributed by atoms with E-state index in [9.17, 15) is 14.4 Å². The number of benzene rings is 2. The van der Waals surface area contributed by atoms with Crippen LogP contribution in [0.3, 0.4) is 0 Å². The summed E-state index contributed by atoms with van der Waals surface area (Å²) >= 11 is 0. The molecule has 3 aliphatic rings. The molecule has 0 saturated carbocycles. The lowest BCUT2D eigenvalue weighted by atomic mass is 9.78. The predicted molar refractivity (Wildman–Crippen MR) is 147 cm³/mol. The van der Waals surface area contributed by atoms with Crippen molar-refractivity contribution in [2.24, 2.45) is 5.41 Å². The van der Waals surface area contributed by atoms with Gasteiger partial charge in [0.1, 0.15) is 18.1 Å². The van der Waals surface area contributed by atoms with Crippen molar-refractivity contribution < 1.29 is 19.1 Å². The fourth-order valence-corrected chi connectivity index (χ4v) is 6.37. The Morgan fingerprint density at radius 2 is 1.92 bits per heavy atom. The number of carbonyl (C=O) groups is 3. The second-order valence-corrected chi connectivity index (χ2v) is 11.5. The number of likely N-dealkylation sites (tertiary alicyclic amines) is 1. The summed E-state index contributed by atoms with van der Waals surface area (Å²) in [5.41, 5.74) is 3.46. The average molecular weight is 525 g/mol. The number of fused-ring (bicyclic) bond motifs is 3. The zero-order valence-corrected chi connectivity index (χ0v) is 22.4. The van der Waals surface area contributed by atoms with Gasteiger partial charge in [-0.15, -0.1) is 0 Å². The molecule has 6 rings (SSSR count). The van der Waals surface area contributed by atoms with Crippen LogP contribution in [0.4, 0.5) is 11.5 Å². The third-order valence-corrected chi connectivity index (χ3v) is 8.52. The molecule has 39 heavy (non-hydrogen) atoms. The molecule has 1 aromatic heterocycles. The Balaban J connectivity index is 1.21. The molecule has 0 radical (unpaired) electrons. The minimum absolute atomic E-state index is 0.0344. The molecule has 8 nitrogen and oxygen atoms in total. The third kappa shape index (κ3) is 4.24. The normalized spacial score (nSPS) is 22.8. The van der Waals surface area contributed by atoms with Crippen LogP contribution in [-0.2, 0) is 32.6 Å². The third-order valence-electron chi connectivity index (χ3n) is 8.52. The molecule has 1 spiro atoms. The Morgan fingerprint density at radius 1 is 1.10 bits per heavy atom. The van der Waals surface area contributed by atoms with Gasteiger partial charge in [0.2, 0.25) is 17.7 Å². The number of pyridine rings is 1. The number of aromatic nitrogens is 1. The molecule has 8 heteroatoms. The number of amides is 3. The molecule has 2 aliphatic heterocycles. The van der Waals surface area contributed by atoms with E-state index in [2.05, 4.69) is 15.6 Å². The summed E-state index contributed by atoms with van der Waals surface area (Å²) in [6.45, 7) is 3.82. The summed E-state index contributed by atoms with van der Waals surface area (Å²) < 4.78 is 5.39. The maximum Gasteiger partial charge on any atom is 0.244 e. The highest BCUT2D eigenvalue weighted by molar-refractivity contribution is 6.06. The lowest BCUT2D eigenvalue weighted by Crippen LogP contribution is -2.50. The monoisotopic (exact) mass is 524 g/mol. The Kier molecular flexibility index (Phi) is 5.93. The Bertz CT molecular complexity index is 1500. The van der Waals surface area contributed by atoms with Gasteiger partial charge >= 0.3 is 0 Å². The second-order valence-electron chi connectivity index (χ2n) is 11.5. The Morgan fingerprint density at radius 3 is 2.74 bits per heavy atom. The van der Waals surface area contributed by atoms with Crippen LogP contribution in [0.1, 0.15) is 55.0 Å². The van der Waals surface area contributed by atoms with E-state index in [-0.39, 0.29) is 30.3 Å². The van der Waals surface area contributed by atoms with Crippen LogP contribution in [0.2, 0.25) is 0 Å². The Labute approximate surface area is 227 Å². The minimum Gasteiger partial charge on any atom is -0.497 e. The number of rotatable bonds is 5. The summed E-state index contributed by atoms with van der Waals surface area (Å²) in [6, 6.07) is 17.1. The molecule has 3 heterocycles. The molecule has 2 N–H and O–H groups in total. The number of piperidine rings is 1. The van der Waals surface area contributed by atoms with Gasteiger partial charge in [0, 0.05) is 22.9 Å². The van der Waals surface area contributed by atoms with Crippen LogP contribution in [0.25, 0.3) is 0 Å². The lowest BCUT2D eigenvalue weighted by molar-refractivity contribution is -0.150. The van der Waals surface area contributed by atoms with Gasteiger partial charge in [0.25, 0.3) is 0 Å². The second kappa shape index (κ2) is 9.22. The van der Waals surface area contributed by atoms with Gasteiger partial charge in [0.15, 0.2) is 0 Å². The van der Waals surface area contributed by atoms with Crippen molar-refractivity contribution >= 4 is 29.2 Å². The molecule has 2 unspecified atom stereocenters. The average Bonchev–Trinajstić information content (AvgIpc) is 3.44. The van der Waals surface area contributed by atoms with E-state index in [1.54, 1.807) is 18.2 Å². The first kappa shape index (κ1) is 25.1. The fourth-order valence-electron chi connectivity index (χ4n) is 6.37. The first-order valence-electron chi connectivity index (χ1n) is 13.3. The number of carbonyl (C=O) groups excluding carboxylic acids is 3. The highest BCUT2D eigenvalue weighted by Gasteiger charge is 2.51. The first-order chi connectivity index (χ1) is 18.7. The van der Waals surface area contributed by atoms with Crippen molar-refractivity contribution in [3.63, 3.8) is 0 Å². The molecule has 2 atom stereocenters. The number of nitrogens with zero attached hydrogens (tertiary/aromatic N) is 2. The van der Waals surface area contributed by atoms with Gasteiger partial charge in [-0.05, 0) is 72.7 Å². The van der Waals surface area contributed by atoms with Gasteiger partial charge in [0.05, 0.1) is 18.6 Å². The van der Waals surface area contributed by atoms with Crippen LogP contribution in [0.15, 0.2) is 60.8 Å². The molecule has 0 bridgehead atoms. The van der Waals surface area contributed by atoms with E-state index >= 15 is 0 Å². The molecular weight excluding hydrogens is 492 g/mol.